The number of rotatable bonds is 5. The number of aromatic nitrogens is 1. The second kappa shape index (κ2) is 9.32. The van der Waals surface area contributed by atoms with Crippen LogP contribution in [-0.4, -0.2) is 10.5 Å². The Morgan fingerprint density at radius 3 is 2.59 bits per heavy atom. The minimum Gasteiger partial charge on any atom is -0.457 e. The molecular formula is C26H19FN2O3S2. The van der Waals surface area contributed by atoms with E-state index in [1.165, 1.54) is 39.4 Å². The van der Waals surface area contributed by atoms with Crippen LogP contribution in [0.3, 0.4) is 0 Å². The number of halogens is 1. The fourth-order valence-corrected chi connectivity index (χ4v) is 5.62. The van der Waals surface area contributed by atoms with E-state index in [9.17, 15) is 14.0 Å². The zero-order chi connectivity index (χ0) is 23.7. The summed E-state index contributed by atoms with van der Waals surface area (Å²) in [5.41, 5.74) is 1.92. The number of thiophene rings is 1. The van der Waals surface area contributed by atoms with Gasteiger partial charge in [0.05, 0.1) is 21.8 Å². The van der Waals surface area contributed by atoms with Crippen molar-refractivity contribution in [2.45, 2.75) is 19.6 Å². The molecule has 0 spiro atoms. The van der Waals surface area contributed by atoms with Gasteiger partial charge in [-0.3, -0.25) is 9.36 Å². The van der Waals surface area contributed by atoms with Crippen LogP contribution in [0.2, 0.25) is 0 Å². The van der Waals surface area contributed by atoms with Crippen LogP contribution in [0.25, 0.3) is 6.08 Å². The van der Waals surface area contributed by atoms with Crippen molar-refractivity contribution < 1.29 is 13.9 Å². The van der Waals surface area contributed by atoms with Gasteiger partial charge in [0.15, 0.2) is 4.80 Å². The average Bonchev–Trinajstić information content (AvgIpc) is 3.46. The van der Waals surface area contributed by atoms with Crippen LogP contribution in [0, 0.1) is 5.82 Å². The largest absolute Gasteiger partial charge is 0.457 e. The van der Waals surface area contributed by atoms with Gasteiger partial charge in [-0.2, -0.15) is 0 Å². The average molecular weight is 491 g/mol. The monoisotopic (exact) mass is 490 g/mol. The number of fused-ring (bicyclic) bond motifs is 1. The summed E-state index contributed by atoms with van der Waals surface area (Å²) >= 11 is 2.79. The van der Waals surface area contributed by atoms with E-state index in [1.54, 1.807) is 19.1 Å². The molecule has 3 heterocycles. The Labute approximate surface area is 202 Å². The van der Waals surface area contributed by atoms with Crippen molar-refractivity contribution in [1.29, 1.82) is 0 Å². The van der Waals surface area contributed by atoms with Crippen LogP contribution in [0.1, 0.15) is 29.0 Å². The smallest absolute Gasteiger partial charge is 0.338 e. The van der Waals surface area contributed by atoms with Gasteiger partial charge in [-0.1, -0.05) is 59.9 Å². The molecule has 2 aromatic carbocycles. The highest BCUT2D eigenvalue weighted by Gasteiger charge is 2.33. The minimum atomic E-state index is -0.773. The Hall–Kier alpha value is -3.62. The third-order valence-corrected chi connectivity index (χ3v) is 7.26. The van der Waals surface area contributed by atoms with Crippen LogP contribution >= 0.6 is 22.7 Å². The molecule has 0 fully saturated rings. The van der Waals surface area contributed by atoms with Crippen LogP contribution in [0.5, 0.6) is 0 Å². The molecule has 5 rings (SSSR count). The molecule has 0 unspecified atom stereocenters. The number of nitrogens with zero attached hydrogens (tertiary/aromatic N) is 2. The van der Waals surface area contributed by atoms with E-state index < -0.39 is 17.8 Å². The summed E-state index contributed by atoms with van der Waals surface area (Å²) in [5.74, 6) is -0.963. The van der Waals surface area contributed by atoms with Gasteiger partial charge in [-0.15, -0.1) is 11.3 Å². The van der Waals surface area contributed by atoms with E-state index >= 15 is 0 Å². The molecule has 0 radical (unpaired) electrons. The molecule has 0 bridgehead atoms. The Balaban J connectivity index is 1.61. The number of hydrogen-bond donors (Lipinski definition) is 0. The maximum Gasteiger partial charge on any atom is 0.338 e. The highest BCUT2D eigenvalue weighted by molar-refractivity contribution is 7.11. The van der Waals surface area contributed by atoms with Crippen LogP contribution in [0.4, 0.5) is 4.39 Å². The van der Waals surface area contributed by atoms with E-state index in [0.29, 0.717) is 20.6 Å². The molecule has 1 aliphatic heterocycles. The maximum absolute atomic E-state index is 13.7. The molecule has 1 atom stereocenters. The number of hydrogen-bond acceptors (Lipinski definition) is 6. The molecule has 0 N–H and O–H groups in total. The Bertz CT molecular complexity index is 1550. The minimum absolute atomic E-state index is 0.0926. The molecule has 8 heteroatoms. The normalized spacial score (nSPS) is 15.7. The van der Waals surface area contributed by atoms with E-state index in [4.69, 9.17) is 4.74 Å². The SMILES string of the molecule is CC1=C(C(=O)OCc2ccccc2)[C@H](c2ccc(F)cc2)n2c(s/c(=C\c3cccs3)c2=O)=N1. The van der Waals surface area contributed by atoms with Crippen LogP contribution in [-0.2, 0) is 16.1 Å². The molecule has 5 nitrogen and oxygen atoms in total. The number of ether oxygens (including phenoxy) is 1. The first-order valence-electron chi connectivity index (χ1n) is 10.5. The fraction of sp³-hybridized carbons (Fsp3) is 0.115. The highest BCUT2D eigenvalue weighted by Crippen LogP contribution is 2.31. The molecule has 1 aliphatic rings. The predicted octanol–water partition coefficient (Wildman–Crippen LogP) is 4.18. The first-order valence-corrected chi connectivity index (χ1v) is 12.2. The lowest BCUT2D eigenvalue weighted by Gasteiger charge is -2.24. The maximum atomic E-state index is 13.7. The molecule has 34 heavy (non-hydrogen) atoms. The van der Waals surface area contributed by atoms with Gasteiger partial charge in [0.1, 0.15) is 12.4 Å². The second-order valence-corrected chi connectivity index (χ2v) is 9.70. The summed E-state index contributed by atoms with van der Waals surface area (Å²) < 4.78 is 21.3. The lowest BCUT2D eigenvalue weighted by Crippen LogP contribution is -2.39. The third kappa shape index (κ3) is 4.30. The zero-order valence-electron chi connectivity index (χ0n) is 18.1. The molecule has 0 saturated heterocycles. The van der Waals surface area contributed by atoms with Crippen molar-refractivity contribution in [1.82, 2.24) is 4.57 Å². The van der Waals surface area contributed by atoms with Gasteiger partial charge in [0, 0.05) is 4.88 Å². The van der Waals surface area contributed by atoms with Gasteiger partial charge in [-0.25, -0.2) is 14.2 Å². The van der Waals surface area contributed by atoms with Crippen molar-refractivity contribution in [3.05, 3.63) is 125 Å². The van der Waals surface area contributed by atoms with Gasteiger partial charge >= 0.3 is 5.97 Å². The molecule has 0 aliphatic carbocycles. The molecule has 170 valence electrons. The Morgan fingerprint density at radius 2 is 1.88 bits per heavy atom. The number of carbonyl (C=O) groups is 1. The van der Waals surface area contributed by atoms with E-state index in [0.717, 1.165) is 10.4 Å². The van der Waals surface area contributed by atoms with Gasteiger partial charge in [-0.05, 0) is 47.7 Å². The Morgan fingerprint density at radius 1 is 1.12 bits per heavy atom. The number of esters is 1. The second-order valence-electron chi connectivity index (χ2n) is 7.71. The van der Waals surface area contributed by atoms with Crippen LogP contribution in [0.15, 0.2) is 93.2 Å². The molecule has 4 aromatic rings. The quantitative estimate of drug-likeness (QED) is 0.395. The number of thiazole rings is 1. The van der Waals surface area contributed by atoms with Crippen molar-refractivity contribution in [3.8, 4) is 0 Å². The standard InChI is InChI=1S/C26H19FN2O3S2/c1-16-22(25(31)32-15-17-6-3-2-4-7-17)23(18-9-11-19(27)12-10-18)29-24(30)21(34-26(29)28-16)14-20-8-5-13-33-20/h2-14,23H,15H2,1H3/b21-14-/t23-/m0/s1. The first-order chi connectivity index (χ1) is 16.5. The van der Waals surface area contributed by atoms with Gasteiger partial charge in [0.25, 0.3) is 5.56 Å². The van der Waals surface area contributed by atoms with Crippen molar-refractivity contribution >= 4 is 34.7 Å². The third-order valence-electron chi connectivity index (χ3n) is 5.46. The summed E-state index contributed by atoms with van der Waals surface area (Å²) in [6.07, 6.45) is 1.82. The summed E-state index contributed by atoms with van der Waals surface area (Å²) in [4.78, 5) is 32.8. The van der Waals surface area contributed by atoms with Crippen LogP contribution < -0.4 is 14.9 Å². The summed E-state index contributed by atoms with van der Waals surface area (Å²) in [5, 5.41) is 1.94. The Kier molecular flexibility index (Phi) is 6.08. The fourth-order valence-electron chi connectivity index (χ4n) is 3.85. The van der Waals surface area contributed by atoms with E-state index in [-0.39, 0.29) is 17.7 Å². The predicted molar refractivity (Wildman–Crippen MR) is 131 cm³/mol. The first kappa shape index (κ1) is 22.2. The zero-order valence-corrected chi connectivity index (χ0v) is 19.7. The highest BCUT2D eigenvalue weighted by atomic mass is 32.1. The molecular weight excluding hydrogens is 471 g/mol. The summed E-state index contributed by atoms with van der Waals surface area (Å²) in [6, 6.07) is 18.2. The van der Waals surface area contributed by atoms with Crippen molar-refractivity contribution in [3.63, 3.8) is 0 Å². The lowest BCUT2D eigenvalue weighted by molar-refractivity contribution is -0.140. The van der Waals surface area contributed by atoms with E-state index in [2.05, 4.69) is 4.99 Å². The number of benzene rings is 2. The van der Waals surface area contributed by atoms with Gasteiger partial charge < -0.3 is 4.74 Å². The number of allylic oxidation sites excluding steroid dienone is 1. The summed E-state index contributed by atoms with van der Waals surface area (Å²) in [6.45, 7) is 1.82. The topological polar surface area (TPSA) is 60.7 Å². The van der Waals surface area contributed by atoms with E-state index in [1.807, 2.05) is 53.9 Å². The lowest BCUT2D eigenvalue weighted by atomic mass is 9.96. The molecule has 0 amide bonds. The van der Waals surface area contributed by atoms with Crippen molar-refractivity contribution in [2.75, 3.05) is 0 Å². The van der Waals surface area contributed by atoms with Crippen molar-refractivity contribution in [2.24, 2.45) is 4.99 Å². The van der Waals surface area contributed by atoms with Gasteiger partial charge in [0.2, 0.25) is 0 Å². The number of carbonyl (C=O) groups excluding carboxylic acids is 1. The summed E-state index contributed by atoms with van der Waals surface area (Å²) in [7, 11) is 0. The molecule has 2 aromatic heterocycles. The molecule has 0 saturated carbocycles.